The molecule has 0 aliphatic heterocycles. The number of halogens is 3. The standard InChI is InChI=1S/C26H41F3O8/c1-9-24(27,10-2)21(31)34-15-18(36-20(30)17(7)8)19(37-23(33)26(29,13-5)14-6)16-35-22(32)25(28,11-3)12-4/h18-19H,7,9-16H2,1-6,8H3. The largest absolute Gasteiger partial charge is 0.459 e. The van der Waals surface area contributed by atoms with E-state index in [4.69, 9.17) is 18.9 Å². The molecule has 0 fully saturated rings. The van der Waals surface area contributed by atoms with Crippen molar-refractivity contribution >= 4 is 23.9 Å². The quantitative estimate of drug-likeness (QED) is 0.144. The predicted molar refractivity (Wildman–Crippen MR) is 130 cm³/mol. The number of carbonyl (C=O) groups is 4. The van der Waals surface area contributed by atoms with E-state index in [1.165, 1.54) is 48.5 Å². The van der Waals surface area contributed by atoms with Crippen LogP contribution in [0.5, 0.6) is 0 Å². The summed E-state index contributed by atoms with van der Waals surface area (Å²) in [6, 6.07) is 0. The van der Waals surface area contributed by atoms with E-state index in [0.29, 0.717) is 0 Å². The second-order valence-corrected chi connectivity index (χ2v) is 8.88. The summed E-state index contributed by atoms with van der Waals surface area (Å²) in [5.41, 5.74) is -7.16. The van der Waals surface area contributed by atoms with Crippen molar-refractivity contribution in [2.24, 2.45) is 0 Å². The smallest absolute Gasteiger partial charge is 0.344 e. The Morgan fingerprint density at radius 1 is 0.622 bits per heavy atom. The van der Waals surface area contributed by atoms with E-state index in [1.807, 2.05) is 0 Å². The maximum absolute atomic E-state index is 15.0. The number of hydrogen-bond donors (Lipinski definition) is 0. The molecule has 2 atom stereocenters. The van der Waals surface area contributed by atoms with Crippen molar-refractivity contribution in [2.75, 3.05) is 13.2 Å². The van der Waals surface area contributed by atoms with Crippen LogP contribution in [0.3, 0.4) is 0 Å². The van der Waals surface area contributed by atoms with Gasteiger partial charge in [0.05, 0.1) is 0 Å². The van der Waals surface area contributed by atoms with E-state index in [1.54, 1.807) is 0 Å². The molecule has 37 heavy (non-hydrogen) atoms. The van der Waals surface area contributed by atoms with Gasteiger partial charge < -0.3 is 18.9 Å². The predicted octanol–water partition coefficient (Wildman–Crippen LogP) is 5.06. The summed E-state index contributed by atoms with van der Waals surface area (Å²) in [6.07, 6.45) is -4.67. The molecule has 0 bridgehead atoms. The van der Waals surface area contributed by atoms with Crippen LogP contribution in [0.15, 0.2) is 12.2 Å². The molecule has 0 aliphatic rings. The SMILES string of the molecule is C=C(C)C(=O)OC(COC(=O)C(F)(CC)CC)C(COC(=O)C(F)(CC)CC)OC(=O)C(F)(CC)CC. The van der Waals surface area contributed by atoms with Crippen LogP contribution in [0.2, 0.25) is 0 Å². The zero-order valence-electron chi connectivity index (χ0n) is 22.9. The van der Waals surface area contributed by atoms with Crippen LogP contribution in [0, 0.1) is 0 Å². The van der Waals surface area contributed by atoms with Gasteiger partial charge >= 0.3 is 23.9 Å². The Bertz CT molecular complexity index is 802. The third kappa shape index (κ3) is 9.34. The summed E-state index contributed by atoms with van der Waals surface area (Å²) in [5.74, 6) is -4.86. The lowest BCUT2D eigenvalue weighted by molar-refractivity contribution is -0.192. The first kappa shape index (κ1) is 34.4. The summed E-state index contributed by atoms with van der Waals surface area (Å²) in [7, 11) is 0. The van der Waals surface area contributed by atoms with Crippen molar-refractivity contribution in [3.05, 3.63) is 12.2 Å². The first-order valence-corrected chi connectivity index (χ1v) is 12.6. The van der Waals surface area contributed by atoms with Gasteiger partial charge in [-0.2, -0.15) is 0 Å². The molecule has 0 spiro atoms. The summed E-state index contributed by atoms with van der Waals surface area (Å²) < 4.78 is 65.1. The molecule has 0 saturated carbocycles. The van der Waals surface area contributed by atoms with Gasteiger partial charge in [-0.1, -0.05) is 48.1 Å². The minimum absolute atomic E-state index is 0.0814. The molecule has 0 radical (unpaired) electrons. The number of rotatable bonds is 17. The monoisotopic (exact) mass is 538 g/mol. The van der Waals surface area contributed by atoms with Gasteiger partial charge in [0.1, 0.15) is 13.2 Å². The third-order valence-electron chi connectivity index (χ3n) is 6.50. The summed E-state index contributed by atoms with van der Waals surface area (Å²) in [6.45, 7) is 11.7. The van der Waals surface area contributed by atoms with E-state index in [0.717, 1.165) is 0 Å². The fourth-order valence-corrected chi connectivity index (χ4v) is 3.11. The molecule has 0 aliphatic carbocycles. The van der Waals surface area contributed by atoms with Gasteiger partial charge in [-0.3, -0.25) is 0 Å². The lowest BCUT2D eigenvalue weighted by Gasteiger charge is -2.31. The molecule has 214 valence electrons. The van der Waals surface area contributed by atoms with Crippen molar-refractivity contribution in [1.29, 1.82) is 0 Å². The highest BCUT2D eigenvalue weighted by atomic mass is 19.2. The molecule has 0 heterocycles. The number of alkyl halides is 3. The molecular formula is C26H41F3O8. The van der Waals surface area contributed by atoms with Gasteiger partial charge in [-0.05, 0) is 45.4 Å². The van der Waals surface area contributed by atoms with Gasteiger partial charge in [0.15, 0.2) is 12.2 Å². The Labute approximate surface area is 217 Å². The van der Waals surface area contributed by atoms with Gasteiger partial charge in [-0.25, -0.2) is 32.3 Å². The summed E-state index contributed by atoms with van der Waals surface area (Å²) >= 11 is 0. The van der Waals surface area contributed by atoms with Gasteiger partial charge in [0.25, 0.3) is 0 Å². The van der Waals surface area contributed by atoms with Crippen LogP contribution < -0.4 is 0 Å². The lowest BCUT2D eigenvalue weighted by Crippen LogP contribution is -2.48. The first-order chi connectivity index (χ1) is 17.1. The van der Waals surface area contributed by atoms with Gasteiger partial charge in [0, 0.05) is 5.57 Å². The van der Waals surface area contributed by atoms with Crippen LogP contribution >= 0.6 is 0 Å². The van der Waals surface area contributed by atoms with E-state index in [-0.39, 0.29) is 44.1 Å². The van der Waals surface area contributed by atoms with E-state index >= 15 is 4.39 Å². The topological polar surface area (TPSA) is 105 Å². The molecule has 2 unspecified atom stereocenters. The Morgan fingerprint density at radius 3 is 1.22 bits per heavy atom. The maximum Gasteiger partial charge on any atom is 0.344 e. The van der Waals surface area contributed by atoms with Crippen LogP contribution in [0.25, 0.3) is 0 Å². The second kappa shape index (κ2) is 15.0. The highest BCUT2D eigenvalue weighted by molar-refractivity contribution is 5.87. The first-order valence-electron chi connectivity index (χ1n) is 12.6. The Hall–Kier alpha value is -2.59. The van der Waals surface area contributed by atoms with Gasteiger partial charge in [-0.15, -0.1) is 0 Å². The third-order valence-corrected chi connectivity index (χ3v) is 6.50. The second-order valence-electron chi connectivity index (χ2n) is 8.88. The zero-order chi connectivity index (χ0) is 29.0. The van der Waals surface area contributed by atoms with Crippen molar-refractivity contribution < 1.29 is 51.3 Å². The zero-order valence-corrected chi connectivity index (χ0v) is 22.9. The number of carbonyl (C=O) groups excluding carboxylic acids is 4. The van der Waals surface area contributed by atoms with Crippen LogP contribution in [-0.4, -0.2) is 66.3 Å². The molecule has 11 heteroatoms. The molecule has 0 aromatic rings. The van der Waals surface area contributed by atoms with Crippen LogP contribution in [0.1, 0.15) is 87.0 Å². The van der Waals surface area contributed by atoms with E-state index < -0.39 is 66.3 Å². The number of esters is 4. The van der Waals surface area contributed by atoms with Crippen LogP contribution in [0.4, 0.5) is 13.2 Å². The van der Waals surface area contributed by atoms with Crippen molar-refractivity contribution in [1.82, 2.24) is 0 Å². The van der Waals surface area contributed by atoms with E-state index in [9.17, 15) is 28.0 Å². The highest BCUT2D eigenvalue weighted by Gasteiger charge is 2.44. The molecule has 0 rings (SSSR count). The Balaban J connectivity index is 6.21. The molecule has 0 aromatic carbocycles. The van der Waals surface area contributed by atoms with Gasteiger partial charge in [0.2, 0.25) is 17.0 Å². The number of ether oxygens (including phenoxy) is 4. The average Bonchev–Trinajstić information content (AvgIpc) is 2.90. The fraction of sp³-hybridized carbons (Fsp3) is 0.769. The molecule has 0 aromatic heterocycles. The Kier molecular flexibility index (Phi) is 13.9. The molecule has 0 N–H and O–H groups in total. The molecular weight excluding hydrogens is 497 g/mol. The normalized spacial score (nSPS) is 13.8. The van der Waals surface area contributed by atoms with E-state index in [2.05, 4.69) is 6.58 Å². The minimum atomic E-state index is -2.42. The minimum Gasteiger partial charge on any atom is -0.459 e. The van der Waals surface area contributed by atoms with Crippen molar-refractivity contribution in [2.45, 2.75) is 116 Å². The summed E-state index contributed by atoms with van der Waals surface area (Å²) in [4.78, 5) is 49.7. The Morgan fingerprint density at radius 2 is 0.919 bits per heavy atom. The number of hydrogen-bond acceptors (Lipinski definition) is 8. The molecule has 0 amide bonds. The lowest BCUT2D eigenvalue weighted by atomic mass is 9.99. The highest BCUT2D eigenvalue weighted by Crippen LogP contribution is 2.27. The molecule has 0 saturated heterocycles. The fourth-order valence-electron chi connectivity index (χ4n) is 3.11. The molecule has 8 nitrogen and oxygen atoms in total. The summed E-state index contributed by atoms with van der Waals surface area (Å²) in [5, 5.41) is 0. The van der Waals surface area contributed by atoms with Crippen LogP contribution in [-0.2, 0) is 38.1 Å². The maximum atomic E-state index is 15.0. The van der Waals surface area contributed by atoms with Crippen molar-refractivity contribution in [3.8, 4) is 0 Å². The van der Waals surface area contributed by atoms with Crippen molar-refractivity contribution in [3.63, 3.8) is 0 Å². The average molecular weight is 539 g/mol.